The quantitative estimate of drug-likeness (QED) is 0.0641. The number of phosphoric acid groups is 1. The van der Waals surface area contributed by atoms with Gasteiger partial charge in [0.2, 0.25) is 0 Å². The van der Waals surface area contributed by atoms with Crippen LogP contribution < -0.4 is 113 Å². The molecule has 6 nitrogen and oxygen atoms in total. The fourth-order valence-corrected chi connectivity index (χ4v) is 3.15. The van der Waals surface area contributed by atoms with E-state index in [0.29, 0.717) is 6.42 Å². The van der Waals surface area contributed by atoms with Crippen molar-refractivity contribution in [3.8, 4) is 0 Å². The molecule has 29 heavy (non-hydrogen) atoms. The van der Waals surface area contributed by atoms with Gasteiger partial charge in [0.15, 0.2) is 6.29 Å². The van der Waals surface area contributed by atoms with Gasteiger partial charge in [0.1, 0.15) is 7.82 Å². The molecule has 0 rings (SSSR count). The molecule has 0 N–H and O–H groups in total. The van der Waals surface area contributed by atoms with Gasteiger partial charge in [-0.05, 0) is 27.2 Å². The van der Waals surface area contributed by atoms with Crippen molar-refractivity contribution in [2.75, 3.05) is 0 Å². The van der Waals surface area contributed by atoms with Crippen molar-refractivity contribution in [2.45, 2.75) is 129 Å². The Morgan fingerprint density at radius 3 is 1.48 bits per heavy atom. The molecule has 0 aromatic rings. The van der Waals surface area contributed by atoms with Crippen molar-refractivity contribution in [3.05, 3.63) is 0 Å². The van der Waals surface area contributed by atoms with Gasteiger partial charge < -0.3 is 19.1 Å². The zero-order valence-corrected chi connectivity index (χ0v) is 27.0. The molecule has 0 aliphatic heterocycles. The number of hydrogen-bond donors (Lipinski definition) is 0. The maximum Gasteiger partial charge on any atom is 1.00 e. The van der Waals surface area contributed by atoms with Crippen LogP contribution in [0.15, 0.2) is 0 Å². The van der Waals surface area contributed by atoms with Crippen LogP contribution in [0.25, 0.3) is 0 Å². The van der Waals surface area contributed by atoms with E-state index < -0.39 is 19.7 Å². The molecule has 0 heterocycles. The third-order valence-electron chi connectivity index (χ3n) is 4.27. The van der Waals surface area contributed by atoms with Crippen LogP contribution in [-0.2, 0) is 18.9 Å². The van der Waals surface area contributed by atoms with Gasteiger partial charge in [0, 0.05) is 6.42 Å². The molecule has 1 unspecified atom stereocenters. The number of ether oxygens (including phenoxy) is 1. The van der Waals surface area contributed by atoms with Gasteiger partial charge in [-0.15, -0.1) is 0 Å². The van der Waals surface area contributed by atoms with E-state index in [-0.39, 0.29) is 103 Å². The summed E-state index contributed by atoms with van der Waals surface area (Å²) in [5, 5.41) is 0. The summed E-state index contributed by atoms with van der Waals surface area (Å²) in [6.07, 6.45) is 15.9. The summed E-state index contributed by atoms with van der Waals surface area (Å²) < 4.78 is 20.1. The van der Waals surface area contributed by atoms with Crippen LogP contribution in [0.3, 0.4) is 0 Å². The molecule has 1 atom stereocenters. The Morgan fingerprint density at radius 1 is 0.759 bits per heavy atom. The van der Waals surface area contributed by atoms with Crippen LogP contribution in [0.4, 0.5) is 0 Å². The van der Waals surface area contributed by atoms with Crippen LogP contribution >= 0.6 is 7.82 Å². The second-order valence-corrected chi connectivity index (χ2v) is 9.35. The van der Waals surface area contributed by atoms with Crippen molar-refractivity contribution in [2.24, 2.45) is 0 Å². The zero-order chi connectivity index (χ0) is 20.6. The molecule has 0 aliphatic rings. The first-order valence-electron chi connectivity index (χ1n) is 10.7. The predicted octanol–water partition coefficient (Wildman–Crippen LogP) is -0.606. The Kier molecular flexibility index (Phi) is 29.3. The number of hydrogen-bond acceptors (Lipinski definition) is 6. The predicted molar refractivity (Wildman–Crippen MR) is 105 cm³/mol. The monoisotopic (exact) mass is 486 g/mol. The van der Waals surface area contributed by atoms with Crippen molar-refractivity contribution >= 4 is 7.82 Å². The van der Waals surface area contributed by atoms with Gasteiger partial charge in [-0.3, -0.25) is 0 Å². The van der Waals surface area contributed by atoms with Crippen molar-refractivity contribution in [3.63, 3.8) is 0 Å². The summed E-state index contributed by atoms with van der Waals surface area (Å²) >= 11 is 0. The molecule has 0 amide bonds. The van der Waals surface area contributed by atoms with Crippen LogP contribution in [-0.4, -0.2) is 11.9 Å². The minimum Gasteiger partial charge on any atom is -0.788 e. The largest absolute Gasteiger partial charge is 1.00 e. The zero-order valence-electron chi connectivity index (χ0n) is 19.9. The molecular weight excluding hydrogens is 445 g/mol. The average Bonchev–Trinajstić information content (AvgIpc) is 2.54. The van der Waals surface area contributed by atoms with Crippen molar-refractivity contribution in [1.29, 1.82) is 0 Å². The summed E-state index contributed by atoms with van der Waals surface area (Å²) in [4.78, 5) is 25.8. The fraction of sp³-hybridized carbons (Fsp3) is 1.00. The Labute approximate surface area is 264 Å². The van der Waals surface area contributed by atoms with Crippen LogP contribution in [0.1, 0.15) is 118 Å². The molecule has 0 saturated carbocycles. The van der Waals surface area contributed by atoms with Crippen molar-refractivity contribution < 1.29 is 131 Å². The first-order valence-corrected chi connectivity index (χ1v) is 12.1. The van der Waals surface area contributed by atoms with Gasteiger partial charge >= 0.3 is 103 Å². The smallest absolute Gasteiger partial charge is 0.788 e. The standard InChI is InChI=1S/C20H43O6P.2K/c1-5-6-7-8-9-10-11-12-13-14-15-16-17-18-19(24-20(2,3)4)25-26-27(21,22)23;;/h19H,5-18H2,1-4H3,(H2,21,22,23);;/q;2*+1/p-2. The Hall–Kier alpha value is 3.30. The molecule has 0 saturated heterocycles. The molecule has 0 aromatic carbocycles. The first-order chi connectivity index (χ1) is 12.6. The molecular formula is C20H41K2O6P. The van der Waals surface area contributed by atoms with Gasteiger partial charge in [0.25, 0.3) is 0 Å². The second-order valence-electron chi connectivity index (χ2n) is 8.31. The third-order valence-corrected chi connectivity index (χ3v) is 4.54. The summed E-state index contributed by atoms with van der Waals surface area (Å²) in [6.45, 7) is 7.75. The number of unbranched alkanes of at least 4 members (excludes halogenated alkanes) is 12. The maximum absolute atomic E-state index is 10.6. The third kappa shape index (κ3) is 31.3. The maximum atomic E-state index is 10.6. The summed E-state index contributed by atoms with van der Waals surface area (Å²) in [6, 6.07) is 0. The molecule has 164 valence electrons. The topological polar surface area (TPSA) is 90.9 Å². The molecule has 0 fully saturated rings. The fourth-order valence-electron chi connectivity index (χ4n) is 2.95. The molecule has 0 aromatic heterocycles. The average molecular weight is 487 g/mol. The van der Waals surface area contributed by atoms with Crippen molar-refractivity contribution in [1.82, 2.24) is 0 Å². The van der Waals surface area contributed by atoms with E-state index in [4.69, 9.17) is 4.74 Å². The normalized spacial score (nSPS) is 12.9. The minimum absolute atomic E-state index is 0. The second kappa shape index (κ2) is 23.1. The summed E-state index contributed by atoms with van der Waals surface area (Å²) in [5.41, 5.74) is -0.514. The first kappa shape index (κ1) is 36.9. The van der Waals surface area contributed by atoms with E-state index in [2.05, 4.69) is 16.5 Å². The summed E-state index contributed by atoms with van der Waals surface area (Å²) in [5.74, 6) is 0. The Balaban J connectivity index is -0.00000338. The Bertz CT molecular complexity index is 388. The molecule has 0 bridgehead atoms. The molecule has 0 radical (unpaired) electrons. The van der Waals surface area contributed by atoms with Gasteiger partial charge in [-0.1, -0.05) is 84.0 Å². The van der Waals surface area contributed by atoms with Crippen LogP contribution in [0.5, 0.6) is 0 Å². The van der Waals surface area contributed by atoms with Gasteiger partial charge in [-0.25, -0.2) is 9.56 Å². The van der Waals surface area contributed by atoms with E-state index >= 15 is 0 Å². The molecule has 0 aliphatic carbocycles. The van der Waals surface area contributed by atoms with E-state index in [0.717, 1.165) is 19.3 Å². The molecule has 9 heteroatoms. The number of rotatable bonds is 18. The van der Waals surface area contributed by atoms with E-state index in [1.54, 1.807) is 0 Å². The SMILES string of the molecule is CCCCCCCCCCCCCCCC(OOP(=O)([O-])[O-])OC(C)(C)C.[K+].[K+]. The van der Waals surface area contributed by atoms with E-state index in [1.165, 1.54) is 64.2 Å². The van der Waals surface area contributed by atoms with Gasteiger partial charge in [-0.2, -0.15) is 0 Å². The summed E-state index contributed by atoms with van der Waals surface area (Å²) in [7, 11) is -5.16. The van der Waals surface area contributed by atoms with E-state index in [9.17, 15) is 14.4 Å². The Morgan fingerprint density at radius 2 is 1.14 bits per heavy atom. The van der Waals surface area contributed by atoms with E-state index in [1.807, 2.05) is 20.8 Å². The molecule has 0 spiro atoms. The minimum atomic E-state index is -5.16. The van der Waals surface area contributed by atoms with Crippen LogP contribution in [0, 0.1) is 0 Å². The van der Waals surface area contributed by atoms with Gasteiger partial charge in [0.05, 0.1) is 5.60 Å². The van der Waals surface area contributed by atoms with Crippen LogP contribution in [0.2, 0.25) is 0 Å².